The third-order valence-electron chi connectivity index (χ3n) is 5.13. The van der Waals surface area contributed by atoms with Gasteiger partial charge in [0.1, 0.15) is 11.6 Å². The van der Waals surface area contributed by atoms with Crippen LogP contribution in [-0.4, -0.2) is 42.6 Å². The van der Waals surface area contributed by atoms with Crippen LogP contribution in [0.2, 0.25) is 0 Å². The van der Waals surface area contributed by atoms with E-state index in [1.165, 1.54) is 25.3 Å². The fourth-order valence-corrected chi connectivity index (χ4v) is 3.58. The van der Waals surface area contributed by atoms with Crippen LogP contribution in [0.5, 0.6) is 0 Å². The summed E-state index contributed by atoms with van der Waals surface area (Å²) < 4.78 is 19.2. The van der Waals surface area contributed by atoms with E-state index in [0.29, 0.717) is 24.6 Å². The highest BCUT2D eigenvalue weighted by Crippen LogP contribution is 2.24. The maximum atomic E-state index is 13.5. The summed E-state index contributed by atoms with van der Waals surface area (Å²) in [6, 6.07) is 8.84. The molecule has 0 saturated carbocycles. The molecule has 0 amide bonds. The van der Waals surface area contributed by atoms with Gasteiger partial charge in [-0.05, 0) is 55.8 Å². The lowest BCUT2D eigenvalue weighted by molar-refractivity contribution is 0.146. The van der Waals surface area contributed by atoms with Gasteiger partial charge in [0.15, 0.2) is 5.96 Å². The molecule has 3 N–H and O–H groups in total. The minimum Gasteiger partial charge on any atom is -0.468 e. The predicted molar refractivity (Wildman–Crippen MR) is 123 cm³/mol. The molecule has 1 fully saturated rings. The van der Waals surface area contributed by atoms with Crippen LogP contribution in [0.1, 0.15) is 42.2 Å². The molecule has 2 heterocycles. The molecule has 1 aromatic carbocycles. The summed E-state index contributed by atoms with van der Waals surface area (Å²) in [7, 11) is 1.72. The Balaban J connectivity index is 0.00000300. The SMILES string of the molecule is CN=C(NCc1ccc(F)c(CO)c1)NCC(c1ccco1)N1CCCCC1.I. The van der Waals surface area contributed by atoms with Gasteiger partial charge in [-0.1, -0.05) is 12.5 Å². The van der Waals surface area contributed by atoms with Crippen LogP contribution in [0.15, 0.2) is 46.0 Å². The van der Waals surface area contributed by atoms with E-state index in [1.807, 2.05) is 12.1 Å². The number of guanidine groups is 1. The summed E-state index contributed by atoms with van der Waals surface area (Å²) in [5.74, 6) is 1.23. The van der Waals surface area contributed by atoms with Crippen molar-refractivity contribution in [3.8, 4) is 0 Å². The molecular formula is C21H30FIN4O2. The highest BCUT2D eigenvalue weighted by molar-refractivity contribution is 14.0. The topological polar surface area (TPSA) is 73.0 Å². The van der Waals surface area contributed by atoms with E-state index in [4.69, 9.17) is 4.42 Å². The Hall–Kier alpha value is -1.65. The van der Waals surface area contributed by atoms with Gasteiger partial charge in [-0.2, -0.15) is 0 Å². The number of piperidine rings is 1. The number of likely N-dealkylation sites (tertiary alicyclic amines) is 1. The van der Waals surface area contributed by atoms with Crippen LogP contribution in [-0.2, 0) is 13.2 Å². The smallest absolute Gasteiger partial charge is 0.191 e. The summed E-state index contributed by atoms with van der Waals surface area (Å²) in [4.78, 5) is 6.74. The molecule has 6 nitrogen and oxygen atoms in total. The number of aliphatic hydroxyl groups excluding tert-OH is 1. The van der Waals surface area contributed by atoms with Gasteiger partial charge in [0.25, 0.3) is 0 Å². The van der Waals surface area contributed by atoms with Crippen molar-refractivity contribution in [2.45, 2.75) is 38.5 Å². The second-order valence-corrected chi connectivity index (χ2v) is 7.02. The number of hydrogen-bond acceptors (Lipinski definition) is 4. The monoisotopic (exact) mass is 516 g/mol. The number of aliphatic imine (C=N–C) groups is 1. The minimum absolute atomic E-state index is 0. The maximum absolute atomic E-state index is 13.5. The summed E-state index contributed by atoms with van der Waals surface area (Å²) in [5, 5.41) is 15.8. The zero-order valence-electron chi connectivity index (χ0n) is 16.7. The number of nitrogens with zero attached hydrogens (tertiary/aromatic N) is 2. The number of nitrogens with one attached hydrogen (secondary N) is 2. The molecule has 29 heavy (non-hydrogen) atoms. The van der Waals surface area contributed by atoms with E-state index in [-0.39, 0.29) is 36.6 Å². The number of rotatable bonds is 7. The van der Waals surface area contributed by atoms with Crippen LogP contribution < -0.4 is 10.6 Å². The average molecular weight is 516 g/mol. The zero-order chi connectivity index (χ0) is 19.8. The van der Waals surface area contributed by atoms with Crippen molar-refractivity contribution < 1.29 is 13.9 Å². The van der Waals surface area contributed by atoms with Gasteiger partial charge < -0.3 is 20.2 Å². The highest BCUT2D eigenvalue weighted by Gasteiger charge is 2.24. The standard InChI is InChI=1S/C21H29FN4O2.HI/c1-23-21(24-13-16-7-8-18(22)17(12-16)15-27)25-14-19(20-6-5-11-28-20)26-9-3-2-4-10-26;/h5-8,11-12,19,27H,2-4,9-10,13-15H2,1H3,(H2,23,24,25);1H. The van der Waals surface area contributed by atoms with Crippen molar-refractivity contribution in [2.75, 3.05) is 26.7 Å². The number of furan rings is 1. The Labute approximate surface area is 188 Å². The van der Waals surface area contributed by atoms with Crippen molar-refractivity contribution in [3.05, 3.63) is 59.3 Å². The van der Waals surface area contributed by atoms with Crippen LogP contribution in [0, 0.1) is 5.82 Å². The van der Waals surface area contributed by atoms with Crippen LogP contribution >= 0.6 is 24.0 Å². The molecule has 8 heteroatoms. The van der Waals surface area contributed by atoms with Gasteiger partial charge in [-0.15, -0.1) is 24.0 Å². The Morgan fingerprint density at radius 3 is 2.69 bits per heavy atom. The second-order valence-electron chi connectivity index (χ2n) is 7.02. The van der Waals surface area contributed by atoms with E-state index in [2.05, 4.69) is 20.5 Å². The molecule has 2 aromatic rings. The Kier molecular flexibility index (Phi) is 9.89. The molecule has 0 bridgehead atoms. The van der Waals surface area contributed by atoms with Crippen molar-refractivity contribution in [1.82, 2.24) is 15.5 Å². The Morgan fingerprint density at radius 2 is 2.03 bits per heavy atom. The number of hydrogen-bond donors (Lipinski definition) is 3. The maximum Gasteiger partial charge on any atom is 0.191 e. The molecule has 160 valence electrons. The Morgan fingerprint density at radius 1 is 1.24 bits per heavy atom. The third-order valence-corrected chi connectivity index (χ3v) is 5.13. The van der Waals surface area contributed by atoms with Crippen molar-refractivity contribution in [3.63, 3.8) is 0 Å². The summed E-state index contributed by atoms with van der Waals surface area (Å²) in [6.07, 6.45) is 5.42. The lowest BCUT2D eigenvalue weighted by Gasteiger charge is -2.33. The quantitative estimate of drug-likeness (QED) is 0.299. The number of aliphatic hydroxyl groups is 1. The molecule has 1 saturated heterocycles. The fraction of sp³-hybridized carbons (Fsp3) is 0.476. The van der Waals surface area contributed by atoms with Crippen LogP contribution in [0.4, 0.5) is 4.39 Å². The van der Waals surface area contributed by atoms with Gasteiger partial charge >= 0.3 is 0 Å². The third kappa shape index (κ3) is 6.68. The molecular weight excluding hydrogens is 486 g/mol. The summed E-state index contributed by atoms with van der Waals surface area (Å²) in [5.41, 5.74) is 1.18. The van der Waals surface area contributed by atoms with Crippen molar-refractivity contribution in [2.24, 2.45) is 4.99 Å². The van der Waals surface area contributed by atoms with E-state index >= 15 is 0 Å². The summed E-state index contributed by atoms with van der Waals surface area (Å²) >= 11 is 0. The van der Waals surface area contributed by atoms with Crippen molar-refractivity contribution >= 4 is 29.9 Å². The molecule has 3 rings (SSSR count). The molecule has 1 unspecified atom stereocenters. The first kappa shape index (κ1) is 23.6. The molecule has 0 radical (unpaired) electrons. The second kappa shape index (κ2) is 12.1. The zero-order valence-corrected chi connectivity index (χ0v) is 19.1. The largest absolute Gasteiger partial charge is 0.468 e. The van der Waals surface area contributed by atoms with Crippen LogP contribution in [0.3, 0.4) is 0 Å². The van der Waals surface area contributed by atoms with Crippen LogP contribution in [0.25, 0.3) is 0 Å². The normalized spacial score (nSPS) is 16.2. The highest BCUT2D eigenvalue weighted by atomic mass is 127. The first-order valence-electron chi connectivity index (χ1n) is 9.81. The van der Waals surface area contributed by atoms with Gasteiger partial charge in [-0.3, -0.25) is 9.89 Å². The lowest BCUT2D eigenvalue weighted by atomic mass is 10.1. The van der Waals surface area contributed by atoms with E-state index in [0.717, 1.165) is 24.4 Å². The van der Waals surface area contributed by atoms with Gasteiger partial charge in [0.2, 0.25) is 0 Å². The molecule has 1 aliphatic heterocycles. The summed E-state index contributed by atoms with van der Waals surface area (Å²) in [6.45, 7) is 2.99. The number of halogens is 2. The number of benzene rings is 1. The van der Waals surface area contributed by atoms with Gasteiger partial charge in [0, 0.05) is 25.7 Å². The van der Waals surface area contributed by atoms with Gasteiger partial charge in [-0.25, -0.2) is 4.39 Å². The predicted octanol–water partition coefficient (Wildman–Crippen LogP) is 3.42. The van der Waals surface area contributed by atoms with E-state index < -0.39 is 5.82 Å². The molecule has 0 spiro atoms. The fourth-order valence-electron chi connectivity index (χ4n) is 3.58. The van der Waals surface area contributed by atoms with E-state index in [9.17, 15) is 9.50 Å². The molecule has 1 aromatic heterocycles. The molecule has 0 aliphatic carbocycles. The molecule has 1 aliphatic rings. The van der Waals surface area contributed by atoms with Crippen molar-refractivity contribution in [1.29, 1.82) is 0 Å². The average Bonchev–Trinajstić information content (AvgIpc) is 3.26. The first-order valence-corrected chi connectivity index (χ1v) is 9.81. The first-order chi connectivity index (χ1) is 13.7. The molecule has 1 atom stereocenters. The Bertz CT molecular complexity index is 764. The van der Waals surface area contributed by atoms with E-state index in [1.54, 1.807) is 25.4 Å². The minimum atomic E-state index is -0.392. The lowest BCUT2D eigenvalue weighted by Crippen LogP contribution is -2.44. The van der Waals surface area contributed by atoms with Gasteiger partial charge in [0.05, 0.1) is 18.9 Å².